The number of carbonyl (C=O) groups is 1. The van der Waals surface area contributed by atoms with Crippen molar-refractivity contribution in [3.63, 3.8) is 0 Å². The third-order valence-electron chi connectivity index (χ3n) is 2.16. The van der Waals surface area contributed by atoms with Gasteiger partial charge in [-0.05, 0) is 6.07 Å². The number of hydrogen-bond donors (Lipinski definition) is 1. The van der Waals surface area contributed by atoms with E-state index in [9.17, 15) is 26.7 Å². The molecule has 0 aliphatic carbocycles. The van der Waals surface area contributed by atoms with Crippen molar-refractivity contribution < 1.29 is 26.7 Å². The van der Waals surface area contributed by atoms with Gasteiger partial charge in [0.1, 0.15) is 9.23 Å². The molecule has 1 amide bonds. The predicted molar refractivity (Wildman–Crippen MR) is 62.6 cm³/mol. The van der Waals surface area contributed by atoms with Gasteiger partial charge in [-0.25, -0.2) is 22.0 Å². The van der Waals surface area contributed by atoms with Crippen LogP contribution in [0.15, 0.2) is 11.0 Å². The molecule has 19 heavy (non-hydrogen) atoms. The Morgan fingerprint density at radius 3 is 2.32 bits per heavy atom. The average Bonchev–Trinajstić information content (AvgIpc) is 2.69. The Balaban J connectivity index is 2.63. The highest BCUT2D eigenvalue weighted by Gasteiger charge is 2.30. The monoisotopic (exact) mass is 311 g/mol. The molecule has 0 saturated carbocycles. The van der Waals surface area contributed by atoms with E-state index in [1.165, 1.54) is 0 Å². The Bertz CT molecular complexity index is 643. The van der Waals surface area contributed by atoms with E-state index in [0.717, 1.165) is 0 Å². The molecule has 9 heteroatoms. The summed E-state index contributed by atoms with van der Waals surface area (Å²) in [4.78, 5) is 10.6. The first-order valence-corrected chi connectivity index (χ1v) is 5.81. The fraction of sp³-hybridized carbons (Fsp3) is 0. The first kappa shape index (κ1) is 13.9. The minimum atomic E-state index is -2.16. The molecule has 0 atom stereocenters. The Morgan fingerprint density at radius 1 is 1.16 bits per heavy atom. The number of carbonyl (C=O) groups excluding carboxylic acids is 1. The van der Waals surface area contributed by atoms with Gasteiger partial charge in [-0.2, -0.15) is 0 Å². The normalized spacial score (nSPS) is 17.7. The molecule has 0 unspecified atom stereocenters. The van der Waals surface area contributed by atoms with Gasteiger partial charge >= 0.3 is 0 Å². The van der Waals surface area contributed by atoms with Crippen molar-refractivity contribution in [1.82, 2.24) is 5.32 Å². The van der Waals surface area contributed by atoms with Gasteiger partial charge in [0.15, 0.2) is 29.1 Å². The lowest BCUT2D eigenvalue weighted by molar-refractivity contribution is -0.115. The van der Waals surface area contributed by atoms with Crippen LogP contribution in [0.1, 0.15) is 5.56 Å². The van der Waals surface area contributed by atoms with Crippen molar-refractivity contribution >= 4 is 40.0 Å². The zero-order chi connectivity index (χ0) is 14.3. The average molecular weight is 311 g/mol. The highest BCUT2D eigenvalue weighted by Crippen LogP contribution is 2.35. The molecule has 1 aromatic carbocycles. The summed E-state index contributed by atoms with van der Waals surface area (Å²) in [6, 6.07) is 0.130. The molecule has 2 nitrogen and oxygen atoms in total. The highest BCUT2D eigenvalue weighted by atomic mass is 32.2. The Labute approximate surface area is 112 Å². The second-order valence-electron chi connectivity index (χ2n) is 3.33. The van der Waals surface area contributed by atoms with E-state index in [0.29, 0.717) is 11.8 Å². The van der Waals surface area contributed by atoms with Gasteiger partial charge in [-0.3, -0.25) is 4.79 Å². The molecule has 0 spiro atoms. The Kier molecular flexibility index (Phi) is 3.59. The summed E-state index contributed by atoms with van der Waals surface area (Å²) in [5, 5.41) is 2.05. The first-order chi connectivity index (χ1) is 8.82. The summed E-state index contributed by atoms with van der Waals surface area (Å²) in [5.74, 6) is -10.4. The van der Waals surface area contributed by atoms with Crippen LogP contribution < -0.4 is 5.32 Å². The minimum Gasteiger partial charge on any atom is -0.307 e. The maximum Gasteiger partial charge on any atom is 0.266 e. The second kappa shape index (κ2) is 4.89. The van der Waals surface area contributed by atoms with E-state index in [2.05, 4.69) is 17.5 Å². The molecule has 1 heterocycles. The van der Waals surface area contributed by atoms with Crippen LogP contribution in [0, 0.1) is 23.3 Å². The fourth-order valence-corrected chi connectivity index (χ4v) is 2.33. The number of thiocarbonyl (C=S) groups is 1. The van der Waals surface area contributed by atoms with Gasteiger partial charge < -0.3 is 5.32 Å². The number of hydrogen-bond acceptors (Lipinski definition) is 3. The lowest BCUT2D eigenvalue weighted by Crippen LogP contribution is -2.18. The third-order valence-corrected chi connectivity index (χ3v) is 3.36. The van der Waals surface area contributed by atoms with Crippen LogP contribution in [-0.4, -0.2) is 10.2 Å². The number of amides is 1. The zero-order valence-corrected chi connectivity index (χ0v) is 10.3. The number of rotatable bonds is 1. The van der Waals surface area contributed by atoms with Crippen molar-refractivity contribution in [2.75, 3.05) is 0 Å². The molecule has 1 aromatic rings. The predicted octanol–water partition coefficient (Wildman–Crippen LogP) is 3.03. The molecular weight excluding hydrogens is 309 g/mol. The van der Waals surface area contributed by atoms with Crippen molar-refractivity contribution in [2.24, 2.45) is 0 Å². The Hall–Kier alpha value is -1.48. The van der Waals surface area contributed by atoms with Crippen LogP contribution in [0.4, 0.5) is 22.0 Å². The van der Waals surface area contributed by atoms with E-state index in [1.807, 2.05) is 0 Å². The quantitative estimate of drug-likeness (QED) is 0.284. The van der Waals surface area contributed by atoms with E-state index >= 15 is 0 Å². The zero-order valence-electron chi connectivity index (χ0n) is 8.69. The number of halogens is 5. The molecular formula is C10H2F5NOS2. The summed E-state index contributed by atoms with van der Waals surface area (Å²) in [7, 11) is 0. The van der Waals surface area contributed by atoms with Crippen molar-refractivity contribution in [3.05, 3.63) is 39.8 Å². The maximum absolute atomic E-state index is 13.9. The van der Waals surface area contributed by atoms with Crippen molar-refractivity contribution in [2.45, 2.75) is 0 Å². The van der Waals surface area contributed by atoms with E-state index in [4.69, 9.17) is 0 Å². The van der Waals surface area contributed by atoms with E-state index < -0.39 is 45.5 Å². The summed E-state index contributed by atoms with van der Waals surface area (Å²) in [6.07, 6.45) is 0. The van der Waals surface area contributed by atoms with Gasteiger partial charge in [-0.15, -0.1) is 0 Å². The summed E-state index contributed by atoms with van der Waals surface area (Å²) in [6.45, 7) is 0. The van der Waals surface area contributed by atoms with Crippen LogP contribution in [0.3, 0.4) is 0 Å². The smallest absolute Gasteiger partial charge is 0.266 e. The molecule has 2 rings (SSSR count). The maximum atomic E-state index is 13.9. The number of nitrogens with one attached hydrogen (secondary N) is 1. The topological polar surface area (TPSA) is 29.1 Å². The summed E-state index contributed by atoms with van der Waals surface area (Å²) < 4.78 is 65.7. The van der Waals surface area contributed by atoms with Crippen molar-refractivity contribution in [3.8, 4) is 0 Å². The lowest BCUT2D eigenvalue weighted by Gasteiger charge is -2.04. The van der Waals surface area contributed by atoms with Gasteiger partial charge in [0.25, 0.3) is 5.91 Å². The van der Waals surface area contributed by atoms with Gasteiger partial charge in [-0.1, -0.05) is 24.0 Å². The molecule has 1 fully saturated rings. The van der Waals surface area contributed by atoms with Crippen LogP contribution in [0.25, 0.3) is 5.83 Å². The third kappa shape index (κ3) is 2.35. The molecule has 0 aromatic heterocycles. The largest absolute Gasteiger partial charge is 0.307 e. The Morgan fingerprint density at radius 2 is 1.79 bits per heavy atom. The fourth-order valence-electron chi connectivity index (χ4n) is 1.31. The highest BCUT2D eigenvalue weighted by molar-refractivity contribution is 8.26. The summed E-state index contributed by atoms with van der Waals surface area (Å²) >= 11 is 5.05. The van der Waals surface area contributed by atoms with Crippen LogP contribution in [0.2, 0.25) is 0 Å². The van der Waals surface area contributed by atoms with Crippen molar-refractivity contribution in [1.29, 1.82) is 0 Å². The molecule has 0 radical (unpaired) electrons. The van der Waals surface area contributed by atoms with Crippen LogP contribution >= 0.6 is 24.0 Å². The molecule has 1 aliphatic rings. The van der Waals surface area contributed by atoms with Gasteiger partial charge in [0.05, 0.1) is 5.56 Å². The SMILES string of the molecule is O=C1NC(=S)SC1=C(F)c1cc(F)c(F)c(F)c1F. The standard InChI is InChI=1S/C10H2F5NOS2/c11-3-1-2(4(12)7(15)6(3)14)5(13)8-9(17)16-10(18)19-8/h1H,(H,16,17,18). The molecule has 100 valence electrons. The molecule has 1 aliphatic heterocycles. The summed E-state index contributed by atoms with van der Waals surface area (Å²) in [5.41, 5.74) is -1.18. The molecule has 1 saturated heterocycles. The van der Waals surface area contributed by atoms with E-state index in [1.54, 1.807) is 0 Å². The minimum absolute atomic E-state index is 0.0846. The number of benzene rings is 1. The van der Waals surface area contributed by atoms with Gasteiger partial charge in [0, 0.05) is 0 Å². The van der Waals surface area contributed by atoms with Crippen LogP contribution in [0.5, 0.6) is 0 Å². The van der Waals surface area contributed by atoms with Gasteiger partial charge in [0.2, 0.25) is 0 Å². The van der Waals surface area contributed by atoms with E-state index in [-0.39, 0.29) is 10.4 Å². The lowest BCUT2D eigenvalue weighted by atomic mass is 10.1. The molecule has 0 bridgehead atoms. The molecule has 1 N–H and O–H groups in total. The second-order valence-corrected chi connectivity index (χ2v) is 5.02. The number of thioether (sulfide) groups is 1. The first-order valence-electron chi connectivity index (χ1n) is 4.59. The van der Waals surface area contributed by atoms with Crippen LogP contribution in [-0.2, 0) is 4.79 Å².